The predicted molar refractivity (Wildman–Crippen MR) is 68.1 cm³/mol. The molecule has 3 heteroatoms. The van der Waals surface area contributed by atoms with Gasteiger partial charge in [0, 0.05) is 6.42 Å². The van der Waals surface area contributed by atoms with Gasteiger partial charge in [-0.3, -0.25) is 14.9 Å². The Morgan fingerprint density at radius 1 is 1.29 bits per heavy atom. The first-order valence-electron chi connectivity index (χ1n) is 5.55. The quantitative estimate of drug-likeness (QED) is 0.596. The van der Waals surface area contributed by atoms with Gasteiger partial charge in [-0.15, -0.1) is 0 Å². The average molecular weight is 231 g/mol. The Morgan fingerprint density at radius 3 is 2.53 bits per heavy atom. The van der Waals surface area contributed by atoms with Crippen molar-refractivity contribution < 1.29 is 9.59 Å². The van der Waals surface area contributed by atoms with E-state index in [1.165, 1.54) is 0 Å². The van der Waals surface area contributed by atoms with Gasteiger partial charge in [0.15, 0.2) is 0 Å². The molecule has 1 aliphatic heterocycles. The molecular formula is C14H17NO2. The maximum absolute atomic E-state index is 11.7. The van der Waals surface area contributed by atoms with E-state index < -0.39 is 0 Å². The van der Waals surface area contributed by atoms with Crippen LogP contribution in [0.15, 0.2) is 48.6 Å². The van der Waals surface area contributed by atoms with Crippen molar-refractivity contribution in [2.24, 2.45) is 5.92 Å². The van der Waals surface area contributed by atoms with Crippen molar-refractivity contribution in [1.82, 2.24) is 5.32 Å². The van der Waals surface area contributed by atoms with Gasteiger partial charge in [0.05, 0.1) is 5.92 Å². The van der Waals surface area contributed by atoms with E-state index in [0.29, 0.717) is 12.8 Å². The van der Waals surface area contributed by atoms with E-state index in [-0.39, 0.29) is 17.7 Å². The van der Waals surface area contributed by atoms with Crippen molar-refractivity contribution in [2.75, 3.05) is 0 Å². The van der Waals surface area contributed by atoms with Crippen LogP contribution in [0.2, 0.25) is 0 Å². The van der Waals surface area contributed by atoms with Gasteiger partial charge in [0.25, 0.3) is 0 Å². The molecule has 3 nitrogen and oxygen atoms in total. The molecule has 1 saturated heterocycles. The summed E-state index contributed by atoms with van der Waals surface area (Å²) in [7, 11) is 0. The van der Waals surface area contributed by atoms with Crippen LogP contribution in [0.3, 0.4) is 0 Å². The van der Waals surface area contributed by atoms with Crippen LogP contribution in [-0.2, 0) is 9.59 Å². The second kappa shape index (κ2) is 5.99. The summed E-state index contributed by atoms with van der Waals surface area (Å²) in [6.07, 6.45) is 8.06. The highest BCUT2D eigenvalue weighted by Gasteiger charge is 2.27. The zero-order chi connectivity index (χ0) is 12.8. The molecule has 0 spiro atoms. The van der Waals surface area contributed by atoms with Crippen molar-refractivity contribution in [3.8, 4) is 0 Å². The van der Waals surface area contributed by atoms with Crippen LogP contribution in [0.1, 0.15) is 19.8 Å². The van der Waals surface area contributed by atoms with E-state index in [9.17, 15) is 9.59 Å². The molecule has 90 valence electrons. The van der Waals surface area contributed by atoms with Gasteiger partial charge in [-0.25, -0.2) is 0 Å². The van der Waals surface area contributed by atoms with E-state index in [4.69, 9.17) is 0 Å². The topological polar surface area (TPSA) is 46.2 Å². The third-order valence-electron chi connectivity index (χ3n) is 2.74. The molecule has 17 heavy (non-hydrogen) atoms. The van der Waals surface area contributed by atoms with Crippen molar-refractivity contribution in [3.05, 3.63) is 48.6 Å². The first-order chi connectivity index (χ1) is 8.08. The number of piperidine rings is 1. The van der Waals surface area contributed by atoms with E-state index in [2.05, 4.69) is 18.5 Å². The van der Waals surface area contributed by atoms with E-state index in [1.807, 2.05) is 19.1 Å². The van der Waals surface area contributed by atoms with Crippen molar-refractivity contribution >= 4 is 11.8 Å². The Hall–Kier alpha value is -1.90. The maximum atomic E-state index is 11.7. The van der Waals surface area contributed by atoms with Crippen molar-refractivity contribution in [1.29, 1.82) is 0 Å². The highest BCUT2D eigenvalue weighted by Crippen LogP contribution is 2.22. The fourth-order valence-electron chi connectivity index (χ4n) is 1.63. The van der Waals surface area contributed by atoms with Crippen LogP contribution in [0.25, 0.3) is 0 Å². The lowest BCUT2D eigenvalue weighted by Crippen LogP contribution is -2.41. The van der Waals surface area contributed by atoms with Crippen LogP contribution in [0, 0.1) is 5.92 Å². The Balaban J connectivity index is 2.87. The summed E-state index contributed by atoms with van der Waals surface area (Å²) in [5, 5.41) is 2.34. The van der Waals surface area contributed by atoms with Gasteiger partial charge in [-0.05, 0) is 18.9 Å². The molecule has 0 aliphatic carbocycles. The second-order valence-corrected chi connectivity index (χ2v) is 3.99. The lowest BCUT2D eigenvalue weighted by Gasteiger charge is -2.21. The summed E-state index contributed by atoms with van der Waals surface area (Å²) in [5.74, 6) is -0.719. The van der Waals surface area contributed by atoms with Crippen molar-refractivity contribution in [3.63, 3.8) is 0 Å². The molecule has 1 heterocycles. The van der Waals surface area contributed by atoms with Crippen molar-refractivity contribution in [2.45, 2.75) is 19.8 Å². The molecule has 1 N–H and O–H groups in total. The lowest BCUT2D eigenvalue weighted by molar-refractivity contribution is -0.135. The molecule has 0 bridgehead atoms. The van der Waals surface area contributed by atoms with Gasteiger partial charge in [0.2, 0.25) is 11.8 Å². The van der Waals surface area contributed by atoms with Crippen LogP contribution >= 0.6 is 0 Å². The minimum absolute atomic E-state index is 0.201. The molecule has 0 aromatic carbocycles. The number of nitrogens with one attached hydrogen (secondary N) is 1. The molecule has 0 aromatic heterocycles. The summed E-state index contributed by atoms with van der Waals surface area (Å²) in [6.45, 7) is 9.28. The molecule has 0 saturated carbocycles. The predicted octanol–water partition coefficient (Wildman–Crippen LogP) is 2.28. The highest BCUT2D eigenvalue weighted by molar-refractivity contribution is 6.00. The Morgan fingerprint density at radius 2 is 2.00 bits per heavy atom. The van der Waals surface area contributed by atoms with E-state index in [0.717, 1.165) is 11.1 Å². The largest absolute Gasteiger partial charge is 0.296 e. The summed E-state index contributed by atoms with van der Waals surface area (Å²) >= 11 is 0. The smallest absolute Gasteiger partial charge is 0.234 e. The normalized spacial score (nSPS) is 22.1. The fraction of sp³-hybridized carbons (Fsp3) is 0.286. The van der Waals surface area contributed by atoms with Gasteiger partial charge < -0.3 is 0 Å². The maximum Gasteiger partial charge on any atom is 0.234 e. The molecule has 1 rings (SSSR count). The monoisotopic (exact) mass is 231 g/mol. The zero-order valence-corrected chi connectivity index (χ0v) is 10.0. The first-order valence-corrected chi connectivity index (χ1v) is 5.55. The van der Waals surface area contributed by atoms with E-state index in [1.54, 1.807) is 12.2 Å². The first kappa shape index (κ1) is 13.2. The molecule has 1 fully saturated rings. The van der Waals surface area contributed by atoms with Gasteiger partial charge in [-0.1, -0.05) is 43.0 Å². The number of rotatable bonds is 4. The number of amides is 2. The number of carbonyl (C=O) groups excluding carboxylic acids is 2. The molecule has 1 aliphatic rings. The number of carbonyl (C=O) groups is 2. The molecule has 0 aromatic rings. The molecule has 2 amide bonds. The summed E-state index contributed by atoms with van der Waals surface area (Å²) in [5.41, 5.74) is 1.84. The standard InChI is InChI=1S/C14H17NO2/c1-4-10(3)6-7-11(5-2)12-8-9-13(16)15-14(12)17/h4-7,12H,1-2,8-9H2,3H3,(H,15,16,17)/b10-6-,11-7+. The average Bonchev–Trinajstić information content (AvgIpc) is 2.31. The van der Waals surface area contributed by atoms with Crippen LogP contribution < -0.4 is 5.32 Å². The number of allylic oxidation sites excluding steroid dienone is 5. The van der Waals surface area contributed by atoms with Crippen LogP contribution in [0.4, 0.5) is 0 Å². The Kier molecular flexibility index (Phi) is 4.64. The lowest BCUT2D eigenvalue weighted by atomic mass is 9.90. The van der Waals surface area contributed by atoms with Crippen LogP contribution in [-0.4, -0.2) is 11.8 Å². The number of hydrogen-bond donors (Lipinski definition) is 1. The summed E-state index contributed by atoms with van der Waals surface area (Å²) in [6, 6.07) is 0. The van der Waals surface area contributed by atoms with E-state index >= 15 is 0 Å². The van der Waals surface area contributed by atoms with Gasteiger partial charge in [-0.2, -0.15) is 0 Å². The SMILES string of the molecule is C=C/C(C)=C\C=C(/C=C)C1CCC(=O)NC1=O. The van der Waals surface area contributed by atoms with Gasteiger partial charge in [0.1, 0.15) is 0 Å². The minimum Gasteiger partial charge on any atom is -0.296 e. The number of imide groups is 1. The molecule has 1 atom stereocenters. The Labute approximate surface area is 102 Å². The minimum atomic E-state index is -0.279. The highest BCUT2D eigenvalue weighted by atomic mass is 16.2. The Bertz CT molecular complexity index is 416. The molecule has 0 radical (unpaired) electrons. The molecular weight excluding hydrogens is 214 g/mol. The third kappa shape index (κ3) is 3.55. The zero-order valence-electron chi connectivity index (χ0n) is 10.0. The third-order valence-corrected chi connectivity index (χ3v) is 2.74. The fourth-order valence-corrected chi connectivity index (χ4v) is 1.63. The van der Waals surface area contributed by atoms with Gasteiger partial charge >= 0.3 is 0 Å². The van der Waals surface area contributed by atoms with Crippen LogP contribution in [0.5, 0.6) is 0 Å². The molecule has 1 unspecified atom stereocenters. The number of hydrogen-bond acceptors (Lipinski definition) is 2. The second-order valence-electron chi connectivity index (χ2n) is 3.99. The summed E-state index contributed by atoms with van der Waals surface area (Å²) < 4.78 is 0. The summed E-state index contributed by atoms with van der Waals surface area (Å²) in [4.78, 5) is 22.7.